The molecule has 0 radical (unpaired) electrons. The summed E-state index contributed by atoms with van der Waals surface area (Å²) < 4.78 is 0. The van der Waals surface area contributed by atoms with E-state index in [0.717, 1.165) is 24.4 Å². The monoisotopic (exact) mass is 294 g/mol. The molecule has 124 valence electrons. The molecule has 2 nitrogen and oxygen atoms in total. The molecule has 0 aromatic carbocycles. The third-order valence-corrected chi connectivity index (χ3v) is 5.90. The Kier molecular flexibility index (Phi) is 6.55. The molecule has 0 aromatic rings. The molecule has 0 amide bonds. The van der Waals surface area contributed by atoms with Gasteiger partial charge in [-0.1, -0.05) is 40.5 Å². The van der Waals surface area contributed by atoms with Gasteiger partial charge in [0, 0.05) is 19.1 Å². The van der Waals surface area contributed by atoms with Gasteiger partial charge in [-0.25, -0.2) is 0 Å². The summed E-state index contributed by atoms with van der Waals surface area (Å²) in [4.78, 5) is 2.86. The van der Waals surface area contributed by atoms with Crippen molar-refractivity contribution in [3.05, 3.63) is 0 Å². The Labute approximate surface area is 133 Å². The Morgan fingerprint density at radius 2 is 1.86 bits per heavy atom. The predicted octanol–water partition coefficient (Wildman–Crippen LogP) is 4.30. The molecule has 1 saturated carbocycles. The molecular formula is C19H38N2. The zero-order chi connectivity index (χ0) is 15.3. The summed E-state index contributed by atoms with van der Waals surface area (Å²) in [5, 5.41) is 3.71. The van der Waals surface area contributed by atoms with Crippen molar-refractivity contribution < 1.29 is 0 Å². The largest absolute Gasteiger partial charge is 0.316 e. The van der Waals surface area contributed by atoms with Gasteiger partial charge in [-0.3, -0.25) is 4.90 Å². The first-order chi connectivity index (χ1) is 10.0. The minimum atomic E-state index is 0.441. The first kappa shape index (κ1) is 17.3. The van der Waals surface area contributed by atoms with E-state index in [2.05, 4.69) is 37.9 Å². The van der Waals surface area contributed by atoms with E-state index in [0.29, 0.717) is 5.41 Å². The number of rotatable bonds is 8. The molecule has 2 rings (SSSR count). The van der Waals surface area contributed by atoms with Crippen molar-refractivity contribution in [2.75, 3.05) is 26.2 Å². The number of hydrogen-bond acceptors (Lipinski definition) is 2. The number of nitrogens with zero attached hydrogens (tertiary/aromatic N) is 1. The molecule has 0 bridgehead atoms. The minimum absolute atomic E-state index is 0.441. The van der Waals surface area contributed by atoms with Crippen LogP contribution in [0.3, 0.4) is 0 Å². The van der Waals surface area contributed by atoms with Crippen LogP contribution in [0, 0.1) is 17.3 Å². The minimum Gasteiger partial charge on any atom is -0.316 e. The highest BCUT2D eigenvalue weighted by Crippen LogP contribution is 2.37. The van der Waals surface area contributed by atoms with E-state index in [9.17, 15) is 0 Å². The summed E-state index contributed by atoms with van der Waals surface area (Å²) in [6.07, 6.45) is 10.1. The van der Waals surface area contributed by atoms with Gasteiger partial charge < -0.3 is 5.32 Å². The number of nitrogens with one attached hydrogen (secondary N) is 1. The van der Waals surface area contributed by atoms with Crippen LogP contribution >= 0.6 is 0 Å². The highest BCUT2D eigenvalue weighted by molar-refractivity contribution is 4.91. The summed E-state index contributed by atoms with van der Waals surface area (Å²) >= 11 is 0. The summed E-state index contributed by atoms with van der Waals surface area (Å²) in [5.41, 5.74) is 0.441. The Morgan fingerprint density at radius 1 is 1.14 bits per heavy atom. The van der Waals surface area contributed by atoms with E-state index in [1.807, 2.05) is 0 Å². The Bertz CT molecular complexity index is 296. The second-order valence-electron chi connectivity index (χ2n) is 8.41. The lowest BCUT2D eigenvalue weighted by Gasteiger charge is -2.38. The molecule has 2 atom stereocenters. The SMILES string of the molecule is CCC(C)(CNCC(C)C)CN1CCCC1C1CCCC1. The highest BCUT2D eigenvalue weighted by atomic mass is 15.2. The number of hydrogen-bond donors (Lipinski definition) is 1. The lowest BCUT2D eigenvalue weighted by atomic mass is 9.85. The van der Waals surface area contributed by atoms with Crippen LogP contribution in [0.1, 0.15) is 72.6 Å². The predicted molar refractivity (Wildman–Crippen MR) is 92.7 cm³/mol. The summed E-state index contributed by atoms with van der Waals surface area (Å²) in [6.45, 7) is 14.4. The molecular weight excluding hydrogens is 256 g/mol. The molecule has 1 saturated heterocycles. The fourth-order valence-corrected chi connectivity index (χ4v) is 4.37. The van der Waals surface area contributed by atoms with Crippen molar-refractivity contribution in [3.8, 4) is 0 Å². The molecule has 2 unspecified atom stereocenters. The van der Waals surface area contributed by atoms with Crippen molar-refractivity contribution >= 4 is 0 Å². The second-order valence-corrected chi connectivity index (χ2v) is 8.41. The Morgan fingerprint density at radius 3 is 2.48 bits per heavy atom. The molecule has 2 heteroatoms. The van der Waals surface area contributed by atoms with Gasteiger partial charge >= 0.3 is 0 Å². The van der Waals surface area contributed by atoms with E-state index in [1.54, 1.807) is 0 Å². The fraction of sp³-hybridized carbons (Fsp3) is 1.00. The van der Waals surface area contributed by atoms with Crippen LogP contribution in [-0.4, -0.2) is 37.1 Å². The van der Waals surface area contributed by atoms with Crippen molar-refractivity contribution in [2.45, 2.75) is 78.7 Å². The van der Waals surface area contributed by atoms with Crippen LogP contribution in [-0.2, 0) is 0 Å². The molecule has 21 heavy (non-hydrogen) atoms. The molecule has 2 aliphatic rings. The lowest BCUT2D eigenvalue weighted by Crippen LogP contribution is -2.46. The molecule has 0 spiro atoms. The highest BCUT2D eigenvalue weighted by Gasteiger charge is 2.36. The van der Waals surface area contributed by atoms with Gasteiger partial charge in [-0.05, 0) is 62.4 Å². The van der Waals surface area contributed by atoms with Gasteiger partial charge in [0.1, 0.15) is 0 Å². The average molecular weight is 295 g/mol. The standard InChI is InChI=1S/C19H38N2/c1-5-19(4,14-20-13-16(2)3)15-21-12-8-11-18(21)17-9-6-7-10-17/h16-18,20H,5-15H2,1-4H3. The van der Waals surface area contributed by atoms with E-state index >= 15 is 0 Å². The summed E-state index contributed by atoms with van der Waals surface area (Å²) in [6, 6.07) is 0.906. The smallest absolute Gasteiger partial charge is 0.0124 e. The zero-order valence-electron chi connectivity index (χ0n) is 15.0. The Balaban J connectivity index is 1.86. The normalized spacial score (nSPS) is 27.6. The van der Waals surface area contributed by atoms with Crippen molar-refractivity contribution in [1.82, 2.24) is 10.2 Å². The molecule has 0 aromatic heterocycles. The third kappa shape index (κ3) is 4.96. The van der Waals surface area contributed by atoms with Gasteiger partial charge in [0.25, 0.3) is 0 Å². The maximum atomic E-state index is 3.71. The topological polar surface area (TPSA) is 15.3 Å². The van der Waals surface area contributed by atoms with Crippen LogP contribution in [0.2, 0.25) is 0 Å². The van der Waals surface area contributed by atoms with Crippen molar-refractivity contribution in [1.29, 1.82) is 0 Å². The number of likely N-dealkylation sites (tertiary alicyclic amines) is 1. The van der Waals surface area contributed by atoms with E-state index in [-0.39, 0.29) is 0 Å². The fourth-order valence-electron chi connectivity index (χ4n) is 4.37. The van der Waals surface area contributed by atoms with E-state index in [1.165, 1.54) is 64.6 Å². The van der Waals surface area contributed by atoms with Gasteiger partial charge in [-0.15, -0.1) is 0 Å². The van der Waals surface area contributed by atoms with E-state index < -0.39 is 0 Å². The average Bonchev–Trinajstić information content (AvgIpc) is 3.08. The third-order valence-electron chi connectivity index (χ3n) is 5.90. The van der Waals surface area contributed by atoms with E-state index in [4.69, 9.17) is 0 Å². The van der Waals surface area contributed by atoms with Gasteiger partial charge in [0.15, 0.2) is 0 Å². The first-order valence-electron chi connectivity index (χ1n) is 9.49. The Hall–Kier alpha value is -0.0800. The van der Waals surface area contributed by atoms with Crippen molar-refractivity contribution in [2.24, 2.45) is 17.3 Å². The van der Waals surface area contributed by atoms with Gasteiger partial charge in [0.2, 0.25) is 0 Å². The molecule has 1 aliphatic heterocycles. The van der Waals surface area contributed by atoms with Crippen LogP contribution in [0.5, 0.6) is 0 Å². The van der Waals surface area contributed by atoms with Crippen LogP contribution in [0.4, 0.5) is 0 Å². The summed E-state index contributed by atoms with van der Waals surface area (Å²) in [7, 11) is 0. The van der Waals surface area contributed by atoms with Gasteiger partial charge in [-0.2, -0.15) is 0 Å². The van der Waals surface area contributed by atoms with Crippen LogP contribution in [0.15, 0.2) is 0 Å². The van der Waals surface area contributed by atoms with Gasteiger partial charge in [0.05, 0.1) is 0 Å². The van der Waals surface area contributed by atoms with Crippen molar-refractivity contribution in [3.63, 3.8) is 0 Å². The molecule has 1 aliphatic carbocycles. The molecule has 1 N–H and O–H groups in total. The lowest BCUT2D eigenvalue weighted by molar-refractivity contribution is 0.115. The quantitative estimate of drug-likeness (QED) is 0.718. The second kappa shape index (κ2) is 7.97. The molecule has 2 fully saturated rings. The zero-order valence-corrected chi connectivity index (χ0v) is 15.0. The first-order valence-corrected chi connectivity index (χ1v) is 9.49. The molecule has 1 heterocycles. The van der Waals surface area contributed by atoms with Crippen LogP contribution < -0.4 is 5.32 Å². The van der Waals surface area contributed by atoms with Crippen LogP contribution in [0.25, 0.3) is 0 Å². The summed E-state index contributed by atoms with van der Waals surface area (Å²) in [5.74, 6) is 1.77. The maximum Gasteiger partial charge on any atom is 0.0124 e. The maximum absolute atomic E-state index is 3.71.